The zero-order valence-corrected chi connectivity index (χ0v) is 13.3. The van der Waals surface area contributed by atoms with Crippen LogP contribution in [0.5, 0.6) is 0 Å². The first-order valence-corrected chi connectivity index (χ1v) is 9.66. The van der Waals surface area contributed by atoms with E-state index in [1.165, 1.54) is 38.1 Å². The molecule has 17 heavy (non-hydrogen) atoms. The van der Waals surface area contributed by atoms with Crippen molar-refractivity contribution in [3.63, 3.8) is 0 Å². The first-order valence-electron chi connectivity index (χ1n) is 5.69. The van der Waals surface area contributed by atoms with E-state index in [1.54, 1.807) is 0 Å². The Labute approximate surface area is 120 Å². The van der Waals surface area contributed by atoms with Gasteiger partial charge in [0.15, 0.2) is 0 Å². The van der Waals surface area contributed by atoms with Crippen LogP contribution in [0.1, 0.15) is 19.8 Å². The lowest BCUT2D eigenvalue weighted by molar-refractivity contribution is 0.896. The van der Waals surface area contributed by atoms with E-state index in [0.717, 1.165) is 0 Å². The van der Waals surface area contributed by atoms with Crippen molar-refractivity contribution in [1.82, 2.24) is 0 Å². The number of thiophene rings is 2. The van der Waals surface area contributed by atoms with Crippen LogP contribution in [0, 0.1) is 0 Å². The van der Waals surface area contributed by atoms with Gasteiger partial charge in [-0.1, -0.05) is 13.3 Å². The van der Waals surface area contributed by atoms with Gasteiger partial charge in [0.05, 0.1) is 8.42 Å². The van der Waals surface area contributed by atoms with Crippen molar-refractivity contribution in [2.45, 2.75) is 28.2 Å². The molecular formula is C13H16S4. The second kappa shape index (κ2) is 6.88. The molecule has 0 bridgehead atoms. The van der Waals surface area contributed by atoms with Gasteiger partial charge in [-0.2, -0.15) is 0 Å². The average Bonchev–Trinajstić information content (AvgIpc) is 2.96. The molecule has 0 N–H and O–H groups in total. The maximum absolute atomic E-state index is 2.26. The molecule has 0 aliphatic rings. The highest BCUT2D eigenvalue weighted by atomic mass is 32.2. The molecular weight excluding hydrogens is 284 g/mol. The van der Waals surface area contributed by atoms with Crippen LogP contribution in [0.3, 0.4) is 0 Å². The molecule has 0 saturated carbocycles. The molecule has 0 unspecified atom stereocenters. The Morgan fingerprint density at radius 3 is 2.35 bits per heavy atom. The Morgan fingerprint density at radius 2 is 1.71 bits per heavy atom. The fourth-order valence-electron chi connectivity index (χ4n) is 1.57. The van der Waals surface area contributed by atoms with Crippen molar-refractivity contribution < 1.29 is 0 Å². The van der Waals surface area contributed by atoms with E-state index in [4.69, 9.17) is 0 Å². The van der Waals surface area contributed by atoms with Gasteiger partial charge >= 0.3 is 0 Å². The van der Waals surface area contributed by atoms with Crippen molar-refractivity contribution in [1.29, 1.82) is 0 Å². The summed E-state index contributed by atoms with van der Waals surface area (Å²) in [6.07, 6.45) is 4.74. The van der Waals surface area contributed by atoms with Crippen molar-refractivity contribution in [3.8, 4) is 11.1 Å². The maximum atomic E-state index is 2.26. The summed E-state index contributed by atoms with van der Waals surface area (Å²) in [7, 11) is 0. The third kappa shape index (κ3) is 3.31. The van der Waals surface area contributed by atoms with E-state index in [0.29, 0.717) is 0 Å². The normalized spacial score (nSPS) is 10.9. The van der Waals surface area contributed by atoms with E-state index >= 15 is 0 Å². The van der Waals surface area contributed by atoms with Crippen molar-refractivity contribution in [3.05, 3.63) is 22.9 Å². The van der Waals surface area contributed by atoms with Gasteiger partial charge in [-0.15, -0.1) is 46.2 Å². The summed E-state index contributed by atoms with van der Waals surface area (Å²) in [4.78, 5) is 0. The Balaban J connectivity index is 2.18. The number of thioether (sulfide) groups is 2. The van der Waals surface area contributed by atoms with E-state index in [9.17, 15) is 0 Å². The maximum Gasteiger partial charge on any atom is 0.0677 e. The van der Waals surface area contributed by atoms with Crippen LogP contribution in [-0.2, 0) is 0 Å². The van der Waals surface area contributed by atoms with Crippen LogP contribution in [0.25, 0.3) is 11.1 Å². The summed E-state index contributed by atoms with van der Waals surface area (Å²) in [6, 6.07) is 4.52. The van der Waals surface area contributed by atoms with Crippen LogP contribution < -0.4 is 0 Å². The molecule has 0 aliphatic carbocycles. The van der Waals surface area contributed by atoms with Gasteiger partial charge < -0.3 is 0 Å². The summed E-state index contributed by atoms with van der Waals surface area (Å²) in [6.45, 7) is 2.25. The topological polar surface area (TPSA) is 0 Å². The zero-order valence-electron chi connectivity index (χ0n) is 10.1. The van der Waals surface area contributed by atoms with E-state index in [2.05, 4.69) is 36.1 Å². The molecule has 0 aliphatic heterocycles. The van der Waals surface area contributed by atoms with Crippen LogP contribution >= 0.6 is 46.2 Å². The minimum atomic E-state index is 1.24. The Morgan fingerprint density at radius 1 is 1.06 bits per heavy atom. The van der Waals surface area contributed by atoms with Gasteiger partial charge in [-0.25, -0.2) is 0 Å². The standard InChI is InChI=1S/C13H16S4/c1-3-4-7-15-13-11(6-9-17-13)10-5-8-16-12(10)14-2/h5-6,8-9H,3-4,7H2,1-2H3. The van der Waals surface area contributed by atoms with Crippen LogP contribution in [0.4, 0.5) is 0 Å². The molecule has 0 aromatic carbocycles. The molecule has 2 rings (SSSR count). The highest BCUT2D eigenvalue weighted by Gasteiger charge is 2.11. The third-order valence-corrected chi connectivity index (χ3v) is 6.87. The van der Waals surface area contributed by atoms with Gasteiger partial charge in [-0.05, 0) is 41.3 Å². The van der Waals surface area contributed by atoms with Gasteiger partial charge in [0.25, 0.3) is 0 Å². The molecule has 2 heterocycles. The van der Waals surface area contributed by atoms with Crippen molar-refractivity contribution in [2.75, 3.05) is 12.0 Å². The van der Waals surface area contributed by atoms with Crippen LogP contribution in [0.15, 0.2) is 31.3 Å². The quantitative estimate of drug-likeness (QED) is 0.467. The number of rotatable bonds is 6. The molecule has 0 fully saturated rings. The second-order valence-corrected chi connectivity index (χ2v) is 7.92. The lowest BCUT2D eigenvalue weighted by Crippen LogP contribution is -1.79. The lowest BCUT2D eigenvalue weighted by Gasteiger charge is -2.03. The SMILES string of the molecule is CCCCSc1sccc1-c1ccsc1SC. The Kier molecular flexibility index (Phi) is 5.48. The summed E-state index contributed by atoms with van der Waals surface area (Å²) in [5, 5.41) is 4.41. The third-order valence-electron chi connectivity index (χ3n) is 2.47. The predicted octanol–water partition coefficient (Wildman–Crippen LogP) is 6.09. The first kappa shape index (κ1) is 13.5. The van der Waals surface area contributed by atoms with Gasteiger partial charge in [0.1, 0.15) is 0 Å². The molecule has 2 aromatic heterocycles. The fraction of sp³-hybridized carbons (Fsp3) is 0.385. The fourth-order valence-corrected chi connectivity index (χ4v) is 5.42. The Bertz CT molecular complexity index is 455. The van der Waals surface area contributed by atoms with Gasteiger partial charge in [0.2, 0.25) is 0 Å². The molecule has 0 spiro atoms. The highest BCUT2D eigenvalue weighted by Crippen LogP contribution is 2.42. The molecule has 0 atom stereocenters. The molecule has 4 heteroatoms. The molecule has 0 nitrogen and oxygen atoms in total. The number of unbranched alkanes of at least 4 members (excludes halogenated alkanes) is 1. The smallest absolute Gasteiger partial charge is 0.0677 e. The Hall–Kier alpha value is 0.1000. The highest BCUT2D eigenvalue weighted by molar-refractivity contribution is 8.01. The molecule has 0 amide bonds. The monoisotopic (exact) mass is 300 g/mol. The van der Waals surface area contributed by atoms with Crippen molar-refractivity contribution in [2.24, 2.45) is 0 Å². The van der Waals surface area contributed by atoms with Crippen LogP contribution in [-0.4, -0.2) is 12.0 Å². The van der Waals surface area contributed by atoms with E-state index < -0.39 is 0 Å². The summed E-state index contributed by atoms with van der Waals surface area (Å²) < 4.78 is 2.91. The molecule has 0 radical (unpaired) electrons. The molecule has 92 valence electrons. The van der Waals surface area contributed by atoms with E-state index in [-0.39, 0.29) is 0 Å². The predicted molar refractivity (Wildman–Crippen MR) is 85.0 cm³/mol. The summed E-state index contributed by atoms with van der Waals surface area (Å²) in [5.74, 6) is 1.24. The molecule has 0 saturated heterocycles. The summed E-state index contributed by atoms with van der Waals surface area (Å²) in [5.41, 5.74) is 2.85. The summed E-state index contributed by atoms with van der Waals surface area (Å²) >= 11 is 7.58. The average molecular weight is 301 g/mol. The number of hydrogen-bond acceptors (Lipinski definition) is 4. The van der Waals surface area contributed by atoms with Crippen molar-refractivity contribution >= 4 is 46.2 Å². The van der Waals surface area contributed by atoms with Crippen LogP contribution in [0.2, 0.25) is 0 Å². The minimum Gasteiger partial charge on any atom is -0.137 e. The zero-order chi connectivity index (χ0) is 12.1. The van der Waals surface area contributed by atoms with Gasteiger partial charge in [0, 0.05) is 11.1 Å². The minimum absolute atomic E-state index is 1.24. The second-order valence-electron chi connectivity index (χ2n) is 3.65. The largest absolute Gasteiger partial charge is 0.137 e. The molecule has 2 aromatic rings. The lowest BCUT2D eigenvalue weighted by atomic mass is 10.2. The van der Waals surface area contributed by atoms with Gasteiger partial charge in [-0.3, -0.25) is 0 Å². The first-order chi connectivity index (χ1) is 8.36. The number of hydrogen-bond donors (Lipinski definition) is 0. The van der Waals surface area contributed by atoms with E-state index in [1.807, 2.05) is 46.2 Å².